The van der Waals surface area contributed by atoms with Crippen LogP contribution in [-0.2, 0) is 6.42 Å². The average molecular weight is 447 g/mol. The summed E-state index contributed by atoms with van der Waals surface area (Å²) in [7, 11) is 0. The summed E-state index contributed by atoms with van der Waals surface area (Å²) in [6.07, 6.45) is 12.3. The summed E-state index contributed by atoms with van der Waals surface area (Å²) in [5.74, 6) is 0.360. The SMILES string of the molecule is CCCCCCCCc1ccc(-c2ccccc2-c2ccc(OCCCCC)cc2F)cc1. The lowest BCUT2D eigenvalue weighted by Crippen LogP contribution is -1.98. The van der Waals surface area contributed by atoms with Crippen LogP contribution in [0.2, 0.25) is 0 Å². The maximum atomic E-state index is 15.0. The Morgan fingerprint density at radius 2 is 1.30 bits per heavy atom. The van der Waals surface area contributed by atoms with E-state index in [2.05, 4.69) is 44.2 Å². The molecule has 0 N–H and O–H groups in total. The maximum Gasteiger partial charge on any atom is 0.134 e. The van der Waals surface area contributed by atoms with Gasteiger partial charge in [0.2, 0.25) is 0 Å². The Morgan fingerprint density at radius 1 is 0.636 bits per heavy atom. The van der Waals surface area contributed by atoms with Gasteiger partial charge < -0.3 is 4.74 Å². The number of benzene rings is 3. The molecule has 0 fully saturated rings. The summed E-state index contributed by atoms with van der Waals surface area (Å²) in [6, 6.07) is 22.1. The van der Waals surface area contributed by atoms with Crippen molar-refractivity contribution in [1.82, 2.24) is 0 Å². The van der Waals surface area contributed by atoms with E-state index < -0.39 is 0 Å². The van der Waals surface area contributed by atoms with Crippen LogP contribution in [0.4, 0.5) is 4.39 Å². The third kappa shape index (κ3) is 7.74. The normalized spacial score (nSPS) is 11.0. The van der Waals surface area contributed by atoms with E-state index in [1.54, 1.807) is 0 Å². The van der Waals surface area contributed by atoms with Gasteiger partial charge in [0.05, 0.1) is 6.61 Å². The standard InChI is InChI=1S/C31H39FO/c1-3-5-7-8-9-10-14-25-17-19-26(20-18-25)28-15-11-12-16-29(28)30-22-21-27(24-31(30)32)33-23-13-6-4-2/h11-12,15-22,24H,3-10,13-14,23H2,1-2H3. The maximum absolute atomic E-state index is 15.0. The van der Waals surface area contributed by atoms with Crippen LogP contribution in [0.1, 0.15) is 77.2 Å². The molecule has 0 bridgehead atoms. The molecule has 0 amide bonds. The number of hydrogen-bond acceptors (Lipinski definition) is 1. The van der Waals surface area contributed by atoms with Crippen molar-refractivity contribution in [2.75, 3.05) is 6.61 Å². The number of ether oxygens (including phenoxy) is 1. The van der Waals surface area contributed by atoms with E-state index in [9.17, 15) is 0 Å². The summed E-state index contributed by atoms with van der Waals surface area (Å²) in [6.45, 7) is 5.05. The van der Waals surface area contributed by atoms with Crippen LogP contribution in [-0.4, -0.2) is 6.61 Å². The van der Waals surface area contributed by atoms with Gasteiger partial charge >= 0.3 is 0 Å². The smallest absolute Gasteiger partial charge is 0.134 e. The van der Waals surface area contributed by atoms with Crippen LogP contribution < -0.4 is 4.74 Å². The first-order chi connectivity index (χ1) is 16.2. The van der Waals surface area contributed by atoms with Crippen molar-refractivity contribution in [3.8, 4) is 28.0 Å². The number of hydrogen-bond donors (Lipinski definition) is 0. The van der Waals surface area contributed by atoms with Gasteiger partial charge in [0.15, 0.2) is 0 Å². The van der Waals surface area contributed by atoms with E-state index in [0.29, 0.717) is 17.9 Å². The van der Waals surface area contributed by atoms with Gasteiger partial charge in [-0.15, -0.1) is 0 Å². The lowest BCUT2D eigenvalue weighted by atomic mass is 9.93. The van der Waals surface area contributed by atoms with Crippen LogP contribution >= 0.6 is 0 Å². The van der Waals surface area contributed by atoms with E-state index in [-0.39, 0.29) is 5.82 Å². The molecule has 3 aromatic rings. The van der Waals surface area contributed by atoms with E-state index in [0.717, 1.165) is 42.4 Å². The highest BCUT2D eigenvalue weighted by atomic mass is 19.1. The van der Waals surface area contributed by atoms with Crippen LogP contribution in [0.5, 0.6) is 5.75 Å². The van der Waals surface area contributed by atoms with Crippen molar-refractivity contribution in [2.24, 2.45) is 0 Å². The van der Waals surface area contributed by atoms with Crippen molar-refractivity contribution in [2.45, 2.75) is 78.1 Å². The average Bonchev–Trinajstić information content (AvgIpc) is 2.85. The van der Waals surface area contributed by atoms with E-state index >= 15 is 4.39 Å². The molecule has 0 aliphatic rings. The molecule has 0 unspecified atom stereocenters. The fourth-order valence-electron chi connectivity index (χ4n) is 4.28. The first kappa shape index (κ1) is 25.0. The third-order valence-electron chi connectivity index (χ3n) is 6.26. The molecule has 0 saturated carbocycles. The minimum Gasteiger partial charge on any atom is -0.493 e. The van der Waals surface area contributed by atoms with Crippen LogP contribution in [0.3, 0.4) is 0 Å². The molecule has 3 aromatic carbocycles. The number of aryl methyl sites for hydroxylation is 1. The lowest BCUT2D eigenvalue weighted by Gasteiger charge is -2.13. The number of unbranched alkanes of at least 4 members (excludes halogenated alkanes) is 7. The summed E-state index contributed by atoms with van der Waals surface area (Å²) in [4.78, 5) is 0. The second-order valence-electron chi connectivity index (χ2n) is 8.96. The van der Waals surface area contributed by atoms with E-state index in [4.69, 9.17) is 4.74 Å². The molecule has 2 heteroatoms. The Balaban J connectivity index is 1.68. The molecular weight excluding hydrogens is 407 g/mol. The highest BCUT2D eigenvalue weighted by Crippen LogP contribution is 2.35. The fourth-order valence-corrected chi connectivity index (χ4v) is 4.28. The van der Waals surface area contributed by atoms with Gasteiger partial charge in [-0.2, -0.15) is 0 Å². The predicted octanol–water partition coefficient (Wildman–Crippen LogP) is 9.63. The minimum absolute atomic E-state index is 0.241. The van der Waals surface area contributed by atoms with E-state index in [1.165, 1.54) is 50.2 Å². The topological polar surface area (TPSA) is 9.23 Å². The van der Waals surface area contributed by atoms with Gasteiger partial charge in [0.1, 0.15) is 11.6 Å². The van der Waals surface area contributed by atoms with Gasteiger partial charge in [-0.1, -0.05) is 107 Å². The van der Waals surface area contributed by atoms with Gasteiger partial charge in [-0.05, 0) is 53.6 Å². The Labute approximate surface area is 200 Å². The molecule has 1 nitrogen and oxygen atoms in total. The predicted molar refractivity (Wildman–Crippen MR) is 139 cm³/mol. The van der Waals surface area contributed by atoms with Crippen molar-refractivity contribution >= 4 is 0 Å². The molecule has 0 heterocycles. The monoisotopic (exact) mass is 446 g/mol. The zero-order valence-corrected chi connectivity index (χ0v) is 20.4. The lowest BCUT2D eigenvalue weighted by molar-refractivity contribution is 0.305. The molecule has 0 atom stereocenters. The van der Waals surface area contributed by atoms with Crippen LogP contribution in [0.25, 0.3) is 22.3 Å². The summed E-state index contributed by atoms with van der Waals surface area (Å²) in [5.41, 5.74) is 5.08. The second-order valence-corrected chi connectivity index (χ2v) is 8.96. The Hall–Kier alpha value is -2.61. The molecule has 0 spiro atoms. The van der Waals surface area contributed by atoms with Crippen molar-refractivity contribution < 1.29 is 9.13 Å². The quantitative estimate of drug-likeness (QED) is 0.224. The zero-order valence-electron chi connectivity index (χ0n) is 20.4. The third-order valence-corrected chi connectivity index (χ3v) is 6.26. The molecule has 0 radical (unpaired) electrons. The summed E-state index contributed by atoms with van der Waals surface area (Å²) >= 11 is 0. The van der Waals surface area contributed by atoms with Crippen molar-refractivity contribution in [3.63, 3.8) is 0 Å². The molecule has 0 saturated heterocycles. The first-order valence-electron chi connectivity index (χ1n) is 12.8. The number of rotatable bonds is 14. The molecule has 0 aromatic heterocycles. The van der Waals surface area contributed by atoms with Gasteiger partial charge in [0.25, 0.3) is 0 Å². The molecular formula is C31H39FO. The molecule has 176 valence electrons. The van der Waals surface area contributed by atoms with Gasteiger partial charge in [-0.25, -0.2) is 4.39 Å². The fraction of sp³-hybridized carbons (Fsp3) is 0.419. The highest BCUT2D eigenvalue weighted by molar-refractivity contribution is 5.83. The Kier molecular flexibility index (Phi) is 10.5. The molecule has 0 aliphatic carbocycles. The summed E-state index contributed by atoms with van der Waals surface area (Å²) in [5, 5.41) is 0. The highest BCUT2D eigenvalue weighted by Gasteiger charge is 2.12. The first-order valence-corrected chi connectivity index (χ1v) is 12.8. The molecule has 33 heavy (non-hydrogen) atoms. The zero-order chi connectivity index (χ0) is 23.3. The van der Waals surface area contributed by atoms with Crippen LogP contribution in [0.15, 0.2) is 66.7 Å². The van der Waals surface area contributed by atoms with Gasteiger partial charge in [-0.3, -0.25) is 0 Å². The van der Waals surface area contributed by atoms with Crippen molar-refractivity contribution in [3.05, 3.63) is 78.1 Å². The Bertz CT molecular complexity index is 961. The number of halogens is 1. The largest absolute Gasteiger partial charge is 0.493 e. The minimum atomic E-state index is -0.241. The van der Waals surface area contributed by atoms with Gasteiger partial charge in [0, 0.05) is 11.6 Å². The second kappa shape index (κ2) is 13.8. The summed E-state index contributed by atoms with van der Waals surface area (Å²) < 4.78 is 20.8. The van der Waals surface area contributed by atoms with Crippen LogP contribution in [0, 0.1) is 5.82 Å². The molecule has 3 rings (SSSR count). The van der Waals surface area contributed by atoms with E-state index in [1.807, 2.05) is 30.3 Å². The molecule has 0 aliphatic heterocycles. The Morgan fingerprint density at radius 3 is 2.03 bits per heavy atom. The van der Waals surface area contributed by atoms with Crippen molar-refractivity contribution in [1.29, 1.82) is 0 Å².